The number of aryl methyl sites for hydroxylation is 1. The number of alkyl halides is 3. The number of piperidine rings is 1. The van der Waals surface area contributed by atoms with Crippen molar-refractivity contribution in [3.8, 4) is 5.69 Å². The van der Waals surface area contributed by atoms with Crippen LogP contribution in [0.15, 0.2) is 64.3 Å². The molecule has 0 unspecified atom stereocenters. The van der Waals surface area contributed by atoms with Crippen LogP contribution in [0.2, 0.25) is 0 Å². The lowest BCUT2D eigenvalue weighted by Crippen LogP contribution is -2.38. The first-order valence-electron chi connectivity index (χ1n) is 9.98. The minimum atomic E-state index is -4.63. The van der Waals surface area contributed by atoms with Gasteiger partial charge in [-0.1, -0.05) is 24.3 Å². The molecule has 1 fully saturated rings. The summed E-state index contributed by atoms with van der Waals surface area (Å²) in [6.07, 6.45) is -3.85. The number of para-hydroxylation sites is 1. The third kappa shape index (κ3) is 4.09. The predicted molar refractivity (Wildman–Crippen MR) is 111 cm³/mol. The summed E-state index contributed by atoms with van der Waals surface area (Å²) < 4.78 is 68.8. The molecule has 1 aromatic heterocycles. The maximum absolute atomic E-state index is 13.0. The minimum absolute atomic E-state index is 0.114. The Kier molecular flexibility index (Phi) is 5.72. The van der Waals surface area contributed by atoms with Crippen LogP contribution in [0.5, 0.6) is 0 Å². The van der Waals surface area contributed by atoms with Crippen LogP contribution in [0.3, 0.4) is 0 Å². The molecule has 32 heavy (non-hydrogen) atoms. The van der Waals surface area contributed by atoms with E-state index in [1.165, 1.54) is 19.6 Å². The van der Waals surface area contributed by atoms with Gasteiger partial charge in [-0.15, -0.1) is 0 Å². The molecule has 3 aromatic rings. The van der Waals surface area contributed by atoms with Gasteiger partial charge in [0.15, 0.2) is 0 Å². The quantitative estimate of drug-likeness (QED) is 0.592. The van der Waals surface area contributed by atoms with E-state index in [2.05, 4.69) is 5.10 Å². The molecule has 2 aromatic carbocycles. The van der Waals surface area contributed by atoms with Gasteiger partial charge >= 0.3 is 11.9 Å². The molecule has 11 heteroatoms. The topological polar surface area (TPSA) is 77.2 Å². The molecule has 0 bridgehead atoms. The van der Waals surface area contributed by atoms with Gasteiger partial charge in [-0.05, 0) is 43.2 Å². The van der Waals surface area contributed by atoms with E-state index in [-0.39, 0.29) is 29.6 Å². The van der Waals surface area contributed by atoms with E-state index in [1.54, 1.807) is 19.2 Å². The monoisotopic (exact) mass is 466 g/mol. The number of benzene rings is 2. The molecule has 1 aliphatic heterocycles. The first-order chi connectivity index (χ1) is 15.1. The van der Waals surface area contributed by atoms with Crippen molar-refractivity contribution in [2.75, 3.05) is 13.1 Å². The molecule has 2 heterocycles. The summed E-state index contributed by atoms with van der Waals surface area (Å²) in [5.41, 5.74) is -0.640. The number of rotatable bonds is 4. The van der Waals surface area contributed by atoms with Crippen LogP contribution in [-0.2, 0) is 23.2 Å². The fourth-order valence-corrected chi connectivity index (χ4v) is 5.42. The van der Waals surface area contributed by atoms with Crippen LogP contribution in [0.1, 0.15) is 30.1 Å². The standard InChI is InChI=1S/C21H21F3N4O3S/c1-26-20(29)28(17-7-3-2-4-8-17)19(25-26)15-10-12-27(13-11-15)32(30,31)18-9-5-6-16(14-18)21(22,23)24/h2-9,14-15H,10-13H2,1H3. The summed E-state index contributed by atoms with van der Waals surface area (Å²) in [6.45, 7) is 0.228. The van der Waals surface area contributed by atoms with E-state index in [9.17, 15) is 26.4 Å². The molecule has 0 aliphatic carbocycles. The van der Waals surface area contributed by atoms with Crippen LogP contribution in [-0.4, -0.2) is 40.2 Å². The molecule has 0 radical (unpaired) electrons. The van der Waals surface area contributed by atoms with Crippen molar-refractivity contribution in [2.45, 2.75) is 29.8 Å². The largest absolute Gasteiger partial charge is 0.416 e. The Hall–Kier alpha value is -2.92. The first-order valence-corrected chi connectivity index (χ1v) is 11.4. The fourth-order valence-electron chi connectivity index (χ4n) is 3.90. The lowest BCUT2D eigenvalue weighted by Gasteiger charge is -2.31. The third-order valence-corrected chi connectivity index (χ3v) is 7.48. The lowest BCUT2D eigenvalue weighted by atomic mass is 9.97. The van der Waals surface area contributed by atoms with Crippen molar-refractivity contribution < 1.29 is 21.6 Å². The van der Waals surface area contributed by atoms with Crippen molar-refractivity contribution in [1.82, 2.24) is 18.7 Å². The molecule has 4 rings (SSSR count). The maximum atomic E-state index is 13.0. The average Bonchev–Trinajstić information content (AvgIpc) is 3.08. The van der Waals surface area contributed by atoms with Gasteiger partial charge in [0.25, 0.3) is 0 Å². The molecule has 0 amide bonds. The zero-order valence-corrected chi connectivity index (χ0v) is 18.0. The molecule has 0 saturated carbocycles. The second-order valence-electron chi connectivity index (χ2n) is 7.64. The van der Waals surface area contributed by atoms with Crippen LogP contribution >= 0.6 is 0 Å². The molecule has 170 valence electrons. The summed E-state index contributed by atoms with van der Waals surface area (Å²) >= 11 is 0. The van der Waals surface area contributed by atoms with Gasteiger partial charge in [0, 0.05) is 26.1 Å². The third-order valence-electron chi connectivity index (χ3n) is 5.58. The molecule has 1 aliphatic rings. The Morgan fingerprint density at radius 2 is 1.66 bits per heavy atom. The second kappa shape index (κ2) is 8.21. The molecular formula is C21H21F3N4O3S. The zero-order chi connectivity index (χ0) is 23.1. The van der Waals surface area contributed by atoms with Crippen LogP contribution in [0.4, 0.5) is 13.2 Å². The molecule has 7 nitrogen and oxygen atoms in total. The zero-order valence-electron chi connectivity index (χ0n) is 17.2. The van der Waals surface area contributed by atoms with E-state index < -0.39 is 21.8 Å². The van der Waals surface area contributed by atoms with Gasteiger partial charge in [-0.2, -0.15) is 22.6 Å². The number of aromatic nitrogens is 3. The van der Waals surface area contributed by atoms with E-state index in [0.717, 1.165) is 12.1 Å². The molecule has 0 atom stereocenters. The SMILES string of the molecule is Cn1nc(C2CCN(S(=O)(=O)c3cccc(C(F)(F)F)c3)CC2)n(-c2ccccc2)c1=O. The molecule has 1 saturated heterocycles. The highest BCUT2D eigenvalue weighted by Gasteiger charge is 2.35. The Morgan fingerprint density at radius 3 is 2.28 bits per heavy atom. The number of halogens is 3. The Morgan fingerprint density at radius 1 is 1.00 bits per heavy atom. The fraction of sp³-hybridized carbons (Fsp3) is 0.333. The van der Waals surface area contributed by atoms with Gasteiger partial charge < -0.3 is 0 Å². The van der Waals surface area contributed by atoms with Crippen molar-refractivity contribution in [3.63, 3.8) is 0 Å². The summed E-state index contributed by atoms with van der Waals surface area (Å²) in [5.74, 6) is 0.372. The van der Waals surface area contributed by atoms with Crippen molar-refractivity contribution >= 4 is 10.0 Å². The normalized spacial score (nSPS) is 16.4. The second-order valence-corrected chi connectivity index (χ2v) is 9.58. The molecule has 0 spiro atoms. The Labute approximate surface area is 182 Å². The van der Waals surface area contributed by atoms with Crippen LogP contribution in [0, 0.1) is 0 Å². The Balaban J connectivity index is 1.57. The molecule has 0 N–H and O–H groups in total. The van der Waals surface area contributed by atoms with E-state index in [4.69, 9.17) is 0 Å². The highest BCUT2D eigenvalue weighted by atomic mass is 32.2. The number of sulfonamides is 1. The van der Waals surface area contributed by atoms with Crippen LogP contribution < -0.4 is 5.69 Å². The molecular weight excluding hydrogens is 445 g/mol. The van der Waals surface area contributed by atoms with Crippen molar-refractivity contribution in [1.29, 1.82) is 0 Å². The van der Waals surface area contributed by atoms with Crippen molar-refractivity contribution in [3.05, 3.63) is 76.5 Å². The van der Waals surface area contributed by atoms with E-state index in [0.29, 0.717) is 30.4 Å². The lowest BCUT2D eigenvalue weighted by molar-refractivity contribution is -0.137. The summed E-state index contributed by atoms with van der Waals surface area (Å²) in [7, 11) is -2.52. The van der Waals surface area contributed by atoms with Gasteiger partial charge in [0.1, 0.15) is 5.82 Å². The number of hydrogen-bond donors (Lipinski definition) is 0. The van der Waals surface area contributed by atoms with Crippen LogP contribution in [0.25, 0.3) is 5.69 Å². The highest BCUT2D eigenvalue weighted by molar-refractivity contribution is 7.89. The van der Waals surface area contributed by atoms with Gasteiger partial charge in [0.2, 0.25) is 10.0 Å². The predicted octanol–water partition coefficient (Wildman–Crippen LogP) is 3.16. The first kappa shape index (κ1) is 22.3. The van der Waals surface area contributed by atoms with Gasteiger partial charge in [-0.3, -0.25) is 0 Å². The van der Waals surface area contributed by atoms with Gasteiger partial charge in [0.05, 0.1) is 16.1 Å². The number of nitrogens with zero attached hydrogens (tertiary/aromatic N) is 4. The summed E-state index contributed by atoms with van der Waals surface area (Å²) in [4.78, 5) is 12.2. The van der Waals surface area contributed by atoms with E-state index in [1.807, 2.05) is 18.2 Å². The van der Waals surface area contributed by atoms with Crippen molar-refractivity contribution in [2.24, 2.45) is 7.05 Å². The number of hydrogen-bond acceptors (Lipinski definition) is 4. The maximum Gasteiger partial charge on any atom is 0.416 e. The smallest absolute Gasteiger partial charge is 0.247 e. The summed E-state index contributed by atoms with van der Waals surface area (Å²) in [5, 5.41) is 4.37. The Bertz CT molecular complexity index is 1280. The van der Waals surface area contributed by atoms with E-state index >= 15 is 0 Å². The average molecular weight is 466 g/mol. The minimum Gasteiger partial charge on any atom is -0.247 e. The van der Waals surface area contributed by atoms with Gasteiger partial charge in [-0.25, -0.2) is 22.5 Å². The summed E-state index contributed by atoms with van der Waals surface area (Å²) in [6, 6.07) is 12.8. The highest BCUT2D eigenvalue weighted by Crippen LogP contribution is 2.33.